The van der Waals surface area contributed by atoms with E-state index in [1.807, 2.05) is 0 Å². The first-order valence-corrected chi connectivity index (χ1v) is 2.93. The lowest BCUT2D eigenvalue weighted by Crippen LogP contribution is -2.08. The van der Waals surface area contributed by atoms with Gasteiger partial charge in [-0.25, -0.2) is 0 Å². The summed E-state index contributed by atoms with van der Waals surface area (Å²) in [6, 6.07) is 0. The summed E-state index contributed by atoms with van der Waals surface area (Å²) >= 11 is 0. The second kappa shape index (κ2) is 1.63. The molecule has 0 N–H and O–H groups in total. The van der Waals surface area contributed by atoms with E-state index in [0.717, 1.165) is 5.92 Å². The van der Waals surface area contributed by atoms with Crippen LogP contribution < -0.4 is 0 Å². The Morgan fingerprint density at radius 1 is 1.50 bits per heavy atom. The second-order valence-corrected chi connectivity index (χ2v) is 2.21. The molecule has 0 spiro atoms. The largest absolute Gasteiger partial charge is 0.0651 e. The van der Waals surface area contributed by atoms with Crippen molar-refractivity contribution in [3.05, 3.63) is 0 Å². The zero-order valence-electron chi connectivity index (χ0n) is 4.41. The fraction of sp³-hybridized carbons (Fsp3) is 1.00. The molecule has 0 heteroatoms. The monoisotopic (exact) mass is 84.1 g/mol. The molecule has 0 unspecified atom stereocenters. The molecule has 1 fully saturated rings. The number of hydrogen-bond donors (Lipinski definition) is 0. The van der Waals surface area contributed by atoms with Gasteiger partial charge in [0.15, 0.2) is 0 Å². The Labute approximate surface area is 39.6 Å². The molecule has 0 aromatic heterocycles. The molecule has 0 nitrogen and oxygen atoms in total. The topological polar surface area (TPSA) is 0 Å². The van der Waals surface area contributed by atoms with E-state index in [9.17, 15) is 0 Å². The zero-order chi connectivity index (χ0) is 4.41. The minimum atomic E-state index is 1.12. The average molecular weight is 84.2 g/mol. The molecular formula is C6H12. The lowest BCUT2D eigenvalue weighted by Gasteiger charge is -2.22. The van der Waals surface area contributed by atoms with E-state index in [1.165, 1.54) is 25.7 Å². The van der Waals surface area contributed by atoms with E-state index >= 15 is 0 Å². The van der Waals surface area contributed by atoms with Crippen LogP contribution in [0.1, 0.15) is 32.6 Å². The van der Waals surface area contributed by atoms with E-state index in [4.69, 9.17) is 0 Å². The van der Waals surface area contributed by atoms with E-state index in [-0.39, 0.29) is 0 Å². The standard InChI is InChI=1S/C6H12/c1-2-6-4-3-5-6/h6H,2-5H2,1H3. The molecular weight excluding hydrogens is 72.1 g/mol. The van der Waals surface area contributed by atoms with Crippen LogP contribution in [-0.4, -0.2) is 0 Å². The highest BCUT2D eigenvalue weighted by atomic mass is 14.2. The third-order valence-corrected chi connectivity index (χ3v) is 1.80. The Bertz CT molecular complexity index is 32.5. The highest BCUT2D eigenvalue weighted by Gasteiger charge is 2.13. The summed E-state index contributed by atoms with van der Waals surface area (Å²) in [6.45, 7) is 2.28. The predicted octanol–water partition coefficient (Wildman–Crippen LogP) is 2.20. The van der Waals surface area contributed by atoms with Gasteiger partial charge in [0.1, 0.15) is 0 Å². The summed E-state index contributed by atoms with van der Waals surface area (Å²) in [4.78, 5) is 0. The Morgan fingerprint density at radius 2 is 2.17 bits per heavy atom. The molecule has 0 amide bonds. The quantitative estimate of drug-likeness (QED) is 0.457. The van der Waals surface area contributed by atoms with Crippen LogP contribution in [0.15, 0.2) is 0 Å². The van der Waals surface area contributed by atoms with Crippen LogP contribution in [0.5, 0.6) is 0 Å². The summed E-state index contributed by atoms with van der Waals surface area (Å²) in [5.41, 5.74) is 0. The van der Waals surface area contributed by atoms with Crippen LogP contribution in [0.4, 0.5) is 0 Å². The Hall–Kier alpha value is 0. The van der Waals surface area contributed by atoms with E-state index in [2.05, 4.69) is 6.92 Å². The molecule has 0 radical (unpaired) electrons. The molecule has 1 aliphatic rings. The van der Waals surface area contributed by atoms with Crippen molar-refractivity contribution in [2.24, 2.45) is 5.92 Å². The first-order chi connectivity index (χ1) is 2.93. The van der Waals surface area contributed by atoms with Crippen molar-refractivity contribution < 1.29 is 0 Å². The lowest BCUT2D eigenvalue weighted by molar-refractivity contribution is 0.307. The first-order valence-electron chi connectivity index (χ1n) is 2.93. The van der Waals surface area contributed by atoms with Crippen molar-refractivity contribution in [2.75, 3.05) is 0 Å². The number of hydrogen-bond acceptors (Lipinski definition) is 0. The molecule has 0 atom stereocenters. The Morgan fingerprint density at radius 3 is 2.17 bits per heavy atom. The van der Waals surface area contributed by atoms with Gasteiger partial charge in [0.05, 0.1) is 0 Å². The maximum atomic E-state index is 2.28. The molecule has 0 saturated heterocycles. The maximum Gasteiger partial charge on any atom is -0.0417 e. The molecule has 1 rings (SSSR count). The van der Waals surface area contributed by atoms with Crippen LogP contribution in [0.25, 0.3) is 0 Å². The van der Waals surface area contributed by atoms with Gasteiger partial charge < -0.3 is 0 Å². The van der Waals surface area contributed by atoms with E-state index in [1.54, 1.807) is 0 Å². The molecule has 0 bridgehead atoms. The lowest BCUT2D eigenvalue weighted by atomic mass is 9.84. The van der Waals surface area contributed by atoms with Gasteiger partial charge in [-0.3, -0.25) is 0 Å². The molecule has 6 heavy (non-hydrogen) atoms. The molecule has 0 aromatic carbocycles. The average Bonchev–Trinajstić information content (AvgIpc) is 1.31. The van der Waals surface area contributed by atoms with Gasteiger partial charge in [-0.05, 0) is 5.92 Å². The first kappa shape index (κ1) is 4.17. The van der Waals surface area contributed by atoms with E-state index in [0.29, 0.717) is 0 Å². The van der Waals surface area contributed by atoms with E-state index < -0.39 is 0 Å². The zero-order valence-corrected chi connectivity index (χ0v) is 4.41. The molecule has 0 aliphatic heterocycles. The Balaban J connectivity index is 2.01. The van der Waals surface area contributed by atoms with Gasteiger partial charge in [0, 0.05) is 0 Å². The van der Waals surface area contributed by atoms with Crippen LogP contribution in [0.3, 0.4) is 0 Å². The Kier molecular flexibility index (Phi) is 1.13. The van der Waals surface area contributed by atoms with Gasteiger partial charge in [0.25, 0.3) is 0 Å². The minimum Gasteiger partial charge on any atom is -0.0651 e. The van der Waals surface area contributed by atoms with Gasteiger partial charge in [-0.15, -0.1) is 0 Å². The second-order valence-electron chi connectivity index (χ2n) is 2.21. The van der Waals surface area contributed by atoms with Crippen LogP contribution >= 0.6 is 0 Å². The molecule has 36 valence electrons. The fourth-order valence-electron chi connectivity index (χ4n) is 0.901. The van der Waals surface area contributed by atoms with Gasteiger partial charge in [-0.1, -0.05) is 32.6 Å². The summed E-state index contributed by atoms with van der Waals surface area (Å²) in [5.74, 6) is 1.12. The SMILES string of the molecule is CCC1CCC1. The van der Waals surface area contributed by atoms with Crippen molar-refractivity contribution >= 4 is 0 Å². The predicted molar refractivity (Wildman–Crippen MR) is 27.6 cm³/mol. The summed E-state index contributed by atoms with van der Waals surface area (Å²) in [7, 11) is 0. The third kappa shape index (κ3) is 0.562. The van der Waals surface area contributed by atoms with Crippen molar-refractivity contribution in [2.45, 2.75) is 32.6 Å². The van der Waals surface area contributed by atoms with Crippen LogP contribution in [-0.2, 0) is 0 Å². The number of rotatable bonds is 1. The summed E-state index contributed by atoms with van der Waals surface area (Å²) in [6.07, 6.45) is 5.94. The normalized spacial score (nSPS) is 23.5. The molecule has 0 heterocycles. The highest BCUT2D eigenvalue weighted by molar-refractivity contribution is 4.66. The molecule has 0 aromatic rings. The minimum absolute atomic E-state index is 1.12. The van der Waals surface area contributed by atoms with Gasteiger partial charge in [-0.2, -0.15) is 0 Å². The maximum absolute atomic E-state index is 2.28. The van der Waals surface area contributed by atoms with Crippen molar-refractivity contribution in [3.8, 4) is 0 Å². The molecule has 1 saturated carbocycles. The van der Waals surface area contributed by atoms with Crippen LogP contribution in [0, 0.1) is 5.92 Å². The van der Waals surface area contributed by atoms with Gasteiger partial charge >= 0.3 is 0 Å². The van der Waals surface area contributed by atoms with Crippen LogP contribution in [0.2, 0.25) is 0 Å². The summed E-state index contributed by atoms with van der Waals surface area (Å²) in [5, 5.41) is 0. The van der Waals surface area contributed by atoms with Crippen molar-refractivity contribution in [3.63, 3.8) is 0 Å². The molecule has 1 aliphatic carbocycles. The van der Waals surface area contributed by atoms with Crippen molar-refractivity contribution in [1.82, 2.24) is 0 Å². The smallest absolute Gasteiger partial charge is 0.0417 e. The van der Waals surface area contributed by atoms with Gasteiger partial charge in [0.2, 0.25) is 0 Å². The summed E-state index contributed by atoms with van der Waals surface area (Å²) < 4.78 is 0. The highest BCUT2D eigenvalue weighted by Crippen LogP contribution is 2.28. The fourth-order valence-corrected chi connectivity index (χ4v) is 0.901. The third-order valence-electron chi connectivity index (χ3n) is 1.80. The van der Waals surface area contributed by atoms with Crippen molar-refractivity contribution in [1.29, 1.82) is 0 Å².